The summed E-state index contributed by atoms with van der Waals surface area (Å²) in [4.78, 5) is 10.6. The summed E-state index contributed by atoms with van der Waals surface area (Å²) < 4.78 is 30.8. The first-order chi connectivity index (χ1) is 17.5. The molecular weight excluding hydrogens is 459 g/mol. The maximum absolute atomic E-state index is 14.2. The van der Waals surface area contributed by atoms with E-state index in [2.05, 4.69) is 19.1 Å². The van der Waals surface area contributed by atoms with Crippen LogP contribution in [0.25, 0.3) is 11.1 Å². The number of aryl methyl sites for hydroxylation is 1. The normalized spacial score (nSPS) is 10.6. The van der Waals surface area contributed by atoms with Gasteiger partial charge in [0.2, 0.25) is 0 Å². The Morgan fingerprint density at radius 1 is 0.806 bits per heavy atom. The highest BCUT2D eigenvalue weighted by Crippen LogP contribution is 2.29. The minimum Gasteiger partial charge on any atom is -0.493 e. The highest BCUT2D eigenvalue weighted by atomic mass is 19.1. The lowest BCUT2D eigenvalue weighted by atomic mass is 9.98. The number of halogens is 1. The third-order valence-corrected chi connectivity index (χ3v) is 5.61. The van der Waals surface area contributed by atoms with Crippen molar-refractivity contribution in [3.63, 3.8) is 0 Å². The van der Waals surface area contributed by atoms with Crippen molar-refractivity contribution in [3.8, 4) is 28.4 Å². The van der Waals surface area contributed by atoms with Gasteiger partial charge < -0.3 is 19.3 Å². The molecule has 0 radical (unpaired) electrons. The first-order valence-corrected chi connectivity index (χ1v) is 11.6. The molecule has 1 N–H and O–H groups in total. The van der Waals surface area contributed by atoms with Gasteiger partial charge in [0.25, 0.3) is 0 Å². The second-order valence-corrected chi connectivity index (χ2v) is 8.32. The Bertz CT molecular complexity index is 1320. The zero-order valence-corrected chi connectivity index (χ0v) is 19.9. The van der Waals surface area contributed by atoms with Gasteiger partial charge in [0.1, 0.15) is 18.1 Å². The summed E-state index contributed by atoms with van der Waals surface area (Å²) in [5.74, 6) is -0.844. The van der Waals surface area contributed by atoms with E-state index in [0.29, 0.717) is 12.4 Å². The monoisotopic (exact) mass is 486 g/mol. The number of carboxylic acid groups (broad SMARTS) is 1. The Morgan fingerprint density at radius 3 is 2.33 bits per heavy atom. The molecule has 0 saturated heterocycles. The van der Waals surface area contributed by atoms with E-state index in [0.717, 1.165) is 34.4 Å². The van der Waals surface area contributed by atoms with Crippen molar-refractivity contribution >= 4 is 5.97 Å². The summed E-state index contributed by atoms with van der Waals surface area (Å²) in [5, 5.41) is 8.67. The molecule has 0 aliphatic carbocycles. The van der Waals surface area contributed by atoms with Gasteiger partial charge in [0, 0.05) is 12.5 Å². The van der Waals surface area contributed by atoms with Gasteiger partial charge in [-0.2, -0.15) is 0 Å². The van der Waals surface area contributed by atoms with Gasteiger partial charge in [-0.3, -0.25) is 0 Å². The van der Waals surface area contributed by atoms with E-state index in [1.165, 1.54) is 17.7 Å². The largest absolute Gasteiger partial charge is 0.493 e. The van der Waals surface area contributed by atoms with Crippen molar-refractivity contribution in [2.75, 3.05) is 13.2 Å². The fourth-order valence-corrected chi connectivity index (χ4v) is 3.76. The lowest BCUT2D eigenvalue weighted by molar-refractivity contribution is -0.139. The van der Waals surface area contributed by atoms with Crippen molar-refractivity contribution in [2.24, 2.45) is 0 Å². The molecule has 36 heavy (non-hydrogen) atoms. The van der Waals surface area contributed by atoms with Crippen LogP contribution in [0.15, 0.2) is 91.0 Å². The van der Waals surface area contributed by atoms with Crippen LogP contribution in [0.4, 0.5) is 4.39 Å². The van der Waals surface area contributed by atoms with Crippen LogP contribution in [0.5, 0.6) is 17.2 Å². The van der Waals surface area contributed by atoms with Crippen molar-refractivity contribution in [1.29, 1.82) is 0 Å². The quantitative estimate of drug-likeness (QED) is 0.263. The van der Waals surface area contributed by atoms with E-state index in [4.69, 9.17) is 19.3 Å². The number of aliphatic carboxylic acids is 1. The average molecular weight is 487 g/mol. The molecule has 0 bridgehead atoms. The highest BCUT2D eigenvalue weighted by Gasteiger charge is 2.09. The number of carbonyl (C=O) groups is 1. The number of carboxylic acids is 1. The van der Waals surface area contributed by atoms with Crippen molar-refractivity contribution in [1.82, 2.24) is 0 Å². The third-order valence-electron chi connectivity index (χ3n) is 5.61. The second-order valence-electron chi connectivity index (χ2n) is 8.32. The summed E-state index contributed by atoms with van der Waals surface area (Å²) in [6, 6.07) is 28.4. The number of hydrogen-bond acceptors (Lipinski definition) is 4. The topological polar surface area (TPSA) is 65.0 Å². The molecule has 0 saturated carbocycles. The van der Waals surface area contributed by atoms with Crippen LogP contribution in [0.1, 0.15) is 16.7 Å². The Labute approximate surface area is 209 Å². The molecule has 0 aromatic heterocycles. The molecule has 0 aliphatic rings. The number of hydrogen-bond donors (Lipinski definition) is 1. The van der Waals surface area contributed by atoms with Gasteiger partial charge in [-0.15, -0.1) is 0 Å². The van der Waals surface area contributed by atoms with Crippen molar-refractivity contribution < 1.29 is 28.5 Å². The van der Waals surface area contributed by atoms with Gasteiger partial charge in [-0.05, 0) is 65.1 Å². The summed E-state index contributed by atoms with van der Waals surface area (Å²) in [6.45, 7) is 2.29. The van der Waals surface area contributed by atoms with Crippen molar-refractivity contribution in [3.05, 3.63) is 114 Å². The number of benzene rings is 4. The SMILES string of the molecule is Cc1ccc(OCCc2ccccc2)cc1-c1cccc(COc2ccc(OCC(=O)O)c(F)c2)c1. The molecule has 4 aromatic carbocycles. The predicted octanol–water partition coefficient (Wildman–Crippen LogP) is 6.47. The maximum Gasteiger partial charge on any atom is 0.341 e. The summed E-state index contributed by atoms with van der Waals surface area (Å²) in [7, 11) is 0. The molecule has 0 spiro atoms. The molecule has 0 unspecified atom stereocenters. The Morgan fingerprint density at radius 2 is 1.56 bits per heavy atom. The molecule has 0 heterocycles. The number of rotatable bonds is 11. The van der Waals surface area contributed by atoms with Crippen LogP contribution < -0.4 is 14.2 Å². The zero-order chi connectivity index (χ0) is 25.3. The van der Waals surface area contributed by atoms with Gasteiger partial charge in [-0.1, -0.05) is 54.6 Å². The fourth-order valence-electron chi connectivity index (χ4n) is 3.76. The van der Waals surface area contributed by atoms with E-state index >= 15 is 0 Å². The molecular formula is C30H27FO5. The first kappa shape index (κ1) is 24.8. The lowest BCUT2D eigenvalue weighted by Crippen LogP contribution is -2.10. The minimum absolute atomic E-state index is 0.131. The molecule has 0 aliphatic heterocycles. The summed E-state index contributed by atoms with van der Waals surface area (Å²) in [6.07, 6.45) is 0.837. The van der Waals surface area contributed by atoms with Gasteiger partial charge in [0.15, 0.2) is 18.2 Å². The summed E-state index contributed by atoms with van der Waals surface area (Å²) in [5.41, 5.74) is 5.39. The van der Waals surface area contributed by atoms with Crippen LogP contribution in [0.3, 0.4) is 0 Å². The van der Waals surface area contributed by atoms with E-state index in [9.17, 15) is 9.18 Å². The lowest BCUT2D eigenvalue weighted by Gasteiger charge is -2.13. The van der Waals surface area contributed by atoms with E-state index in [1.807, 2.05) is 60.7 Å². The van der Waals surface area contributed by atoms with Gasteiger partial charge in [0.05, 0.1) is 6.61 Å². The molecule has 4 rings (SSSR count). The molecule has 184 valence electrons. The third kappa shape index (κ3) is 6.85. The van der Waals surface area contributed by atoms with Crippen LogP contribution in [0.2, 0.25) is 0 Å². The van der Waals surface area contributed by atoms with Crippen molar-refractivity contribution in [2.45, 2.75) is 20.0 Å². The number of ether oxygens (including phenoxy) is 3. The Hall–Kier alpha value is -4.32. The highest BCUT2D eigenvalue weighted by molar-refractivity contribution is 5.69. The van der Waals surface area contributed by atoms with Crippen LogP contribution in [-0.4, -0.2) is 24.3 Å². The molecule has 0 amide bonds. The van der Waals surface area contributed by atoms with Gasteiger partial charge in [-0.25, -0.2) is 9.18 Å². The van der Waals surface area contributed by atoms with E-state index < -0.39 is 18.4 Å². The molecule has 5 nitrogen and oxygen atoms in total. The van der Waals surface area contributed by atoms with Crippen LogP contribution in [0, 0.1) is 12.7 Å². The fraction of sp³-hybridized carbons (Fsp3) is 0.167. The average Bonchev–Trinajstić information content (AvgIpc) is 2.88. The van der Waals surface area contributed by atoms with Gasteiger partial charge >= 0.3 is 5.97 Å². The first-order valence-electron chi connectivity index (χ1n) is 11.6. The maximum atomic E-state index is 14.2. The zero-order valence-electron chi connectivity index (χ0n) is 19.9. The smallest absolute Gasteiger partial charge is 0.341 e. The summed E-state index contributed by atoms with van der Waals surface area (Å²) >= 11 is 0. The molecule has 4 aromatic rings. The second kappa shape index (κ2) is 11.9. The standard InChI is InChI=1S/C30H27FO5/c1-21-10-11-25(34-15-14-22-6-3-2-4-7-22)17-27(21)24-9-5-8-23(16-24)19-35-26-12-13-29(28(31)18-26)36-20-30(32)33/h2-13,16-18H,14-15,19-20H2,1H3,(H,32,33). The molecule has 0 atom stereocenters. The minimum atomic E-state index is -1.17. The Kier molecular flexibility index (Phi) is 8.19. The van der Waals surface area contributed by atoms with E-state index in [-0.39, 0.29) is 12.4 Å². The van der Waals surface area contributed by atoms with Crippen LogP contribution in [-0.2, 0) is 17.8 Å². The molecule has 0 fully saturated rings. The molecule has 6 heteroatoms. The van der Waals surface area contributed by atoms with E-state index in [1.54, 1.807) is 6.07 Å². The van der Waals surface area contributed by atoms with Crippen LogP contribution >= 0.6 is 0 Å². The predicted molar refractivity (Wildman–Crippen MR) is 136 cm³/mol. The Balaban J connectivity index is 1.40.